The Bertz CT molecular complexity index is 244. The number of nitrogens with one attached hydrogen (secondary N) is 1. The van der Waals surface area contributed by atoms with Gasteiger partial charge >= 0.3 is 0 Å². The van der Waals surface area contributed by atoms with Crippen LogP contribution in [0, 0.1) is 0 Å². The molecule has 0 saturated heterocycles. The predicted molar refractivity (Wildman–Crippen MR) is 65.4 cm³/mol. The summed E-state index contributed by atoms with van der Waals surface area (Å²) >= 11 is 0. The molecule has 0 fully saturated rings. The minimum atomic E-state index is 0.593. The summed E-state index contributed by atoms with van der Waals surface area (Å²) in [7, 11) is 0. The third-order valence-electron chi connectivity index (χ3n) is 2.34. The van der Waals surface area contributed by atoms with E-state index in [4.69, 9.17) is 9.15 Å². The van der Waals surface area contributed by atoms with Gasteiger partial charge in [0.15, 0.2) is 0 Å². The van der Waals surface area contributed by atoms with Crippen molar-refractivity contribution >= 4 is 0 Å². The lowest BCUT2D eigenvalue weighted by Crippen LogP contribution is -2.23. The maximum absolute atomic E-state index is 5.49. The molecule has 1 aromatic rings. The lowest BCUT2D eigenvalue weighted by Gasteiger charge is -2.07. The molecule has 0 spiro atoms. The van der Waals surface area contributed by atoms with E-state index in [9.17, 15) is 0 Å². The highest BCUT2D eigenvalue weighted by molar-refractivity contribution is 4.95. The second-order valence-electron chi connectivity index (χ2n) is 4.30. The van der Waals surface area contributed by atoms with Gasteiger partial charge in [0, 0.05) is 12.6 Å². The van der Waals surface area contributed by atoms with Crippen molar-refractivity contribution in [3.63, 3.8) is 0 Å². The second kappa shape index (κ2) is 8.36. The average Bonchev–Trinajstić information content (AvgIpc) is 2.74. The molecule has 0 atom stereocenters. The lowest BCUT2D eigenvalue weighted by molar-refractivity contribution is 0.102. The van der Waals surface area contributed by atoms with Crippen LogP contribution < -0.4 is 5.32 Å². The van der Waals surface area contributed by atoms with Crippen LogP contribution in [0.3, 0.4) is 0 Å². The Kier molecular flexibility index (Phi) is 6.93. The molecule has 0 unspecified atom stereocenters. The van der Waals surface area contributed by atoms with Gasteiger partial charge in [0.25, 0.3) is 0 Å². The predicted octanol–water partition coefficient (Wildman–Crippen LogP) is 2.96. The molecule has 0 amide bonds. The summed E-state index contributed by atoms with van der Waals surface area (Å²) in [5, 5.41) is 3.40. The van der Waals surface area contributed by atoms with Crippen molar-refractivity contribution in [1.29, 1.82) is 0 Å². The fourth-order valence-electron chi connectivity index (χ4n) is 1.46. The van der Waals surface area contributed by atoms with E-state index in [0.717, 1.165) is 25.3 Å². The van der Waals surface area contributed by atoms with Crippen LogP contribution in [0.4, 0.5) is 0 Å². The zero-order valence-electron chi connectivity index (χ0n) is 10.4. The highest BCUT2D eigenvalue weighted by Crippen LogP contribution is 2.03. The lowest BCUT2D eigenvalue weighted by atomic mass is 10.2. The van der Waals surface area contributed by atoms with Crippen LogP contribution in [0.25, 0.3) is 0 Å². The highest BCUT2D eigenvalue weighted by atomic mass is 16.5. The summed E-state index contributed by atoms with van der Waals surface area (Å²) in [6, 6.07) is 4.42. The fourth-order valence-corrected chi connectivity index (χ4v) is 1.46. The van der Waals surface area contributed by atoms with Crippen molar-refractivity contribution in [3.8, 4) is 0 Å². The van der Waals surface area contributed by atoms with Gasteiger partial charge in [0.2, 0.25) is 0 Å². The number of rotatable bonds is 9. The Balaban J connectivity index is 1.82. The maximum atomic E-state index is 5.49. The molecular weight excluding hydrogens is 202 g/mol. The second-order valence-corrected chi connectivity index (χ2v) is 4.30. The van der Waals surface area contributed by atoms with E-state index in [1.165, 1.54) is 12.8 Å². The monoisotopic (exact) mass is 225 g/mol. The zero-order chi connectivity index (χ0) is 11.6. The van der Waals surface area contributed by atoms with Crippen molar-refractivity contribution in [2.75, 3.05) is 13.2 Å². The van der Waals surface area contributed by atoms with Gasteiger partial charge < -0.3 is 14.5 Å². The Labute approximate surface area is 98.2 Å². The van der Waals surface area contributed by atoms with Gasteiger partial charge in [-0.1, -0.05) is 13.8 Å². The van der Waals surface area contributed by atoms with Crippen molar-refractivity contribution in [3.05, 3.63) is 24.2 Å². The third kappa shape index (κ3) is 6.64. The molecule has 1 N–H and O–H groups in total. The summed E-state index contributed by atoms with van der Waals surface area (Å²) < 4.78 is 10.7. The molecule has 1 aromatic heterocycles. The molecule has 0 aromatic carbocycles. The summed E-state index contributed by atoms with van der Waals surface area (Å²) in [6.45, 7) is 6.87. The molecule has 92 valence electrons. The molecule has 0 aliphatic heterocycles. The number of furan rings is 1. The average molecular weight is 225 g/mol. The van der Waals surface area contributed by atoms with E-state index >= 15 is 0 Å². The van der Waals surface area contributed by atoms with E-state index in [1.54, 1.807) is 6.26 Å². The van der Waals surface area contributed by atoms with Crippen LogP contribution >= 0.6 is 0 Å². The van der Waals surface area contributed by atoms with Crippen molar-refractivity contribution in [2.45, 2.75) is 45.8 Å². The molecule has 0 aliphatic carbocycles. The van der Waals surface area contributed by atoms with Crippen molar-refractivity contribution in [2.24, 2.45) is 0 Å². The summed E-state index contributed by atoms with van der Waals surface area (Å²) in [5.41, 5.74) is 0. The van der Waals surface area contributed by atoms with Gasteiger partial charge in [-0.05, 0) is 37.9 Å². The molecule has 0 saturated carbocycles. The Hall–Kier alpha value is -0.800. The normalized spacial score (nSPS) is 11.2. The Morgan fingerprint density at radius 1 is 1.31 bits per heavy atom. The molecule has 0 bridgehead atoms. The molecule has 3 heteroatoms. The SMILES string of the molecule is CC(C)NCCCCCOCc1ccco1. The van der Waals surface area contributed by atoms with E-state index in [2.05, 4.69) is 19.2 Å². The summed E-state index contributed by atoms with van der Waals surface area (Å²) in [5.74, 6) is 0.904. The van der Waals surface area contributed by atoms with Gasteiger partial charge in [0.05, 0.1) is 6.26 Å². The molecular formula is C13H23NO2. The summed E-state index contributed by atoms with van der Waals surface area (Å²) in [6.07, 6.45) is 5.25. The molecule has 1 heterocycles. The van der Waals surface area contributed by atoms with Crippen LogP contribution in [0.2, 0.25) is 0 Å². The first kappa shape index (κ1) is 13.3. The standard InChI is InChI=1S/C13H23NO2/c1-12(2)14-8-4-3-5-9-15-11-13-7-6-10-16-13/h6-7,10,12,14H,3-5,8-9,11H2,1-2H3. The molecule has 16 heavy (non-hydrogen) atoms. The van der Waals surface area contributed by atoms with Crippen LogP contribution in [0.5, 0.6) is 0 Å². The summed E-state index contributed by atoms with van der Waals surface area (Å²) in [4.78, 5) is 0. The highest BCUT2D eigenvalue weighted by Gasteiger charge is 1.96. The van der Waals surface area contributed by atoms with Gasteiger partial charge in [-0.25, -0.2) is 0 Å². The van der Waals surface area contributed by atoms with Crippen molar-refractivity contribution in [1.82, 2.24) is 5.32 Å². The first-order valence-corrected chi connectivity index (χ1v) is 6.12. The zero-order valence-corrected chi connectivity index (χ0v) is 10.4. The van der Waals surface area contributed by atoms with Gasteiger partial charge in [-0.2, -0.15) is 0 Å². The Morgan fingerprint density at radius 3 is 2.88 bits per heavy atom. The third-order valence-corrected chi connectivity index (χ3v) is 2.34. The largest absolute Gasteiger partial charge is 0.467 e. The van der Waals surface area contributed by atoms with Crippen LogP contribution in [0.1, 0.15) is 38.9 Å². The van der Waals surface area contributed by atoms with Gasteiger partial charge in [-0.3, -0.25) is 0 Å². The van der Waals surface area contributed by atoms with E-state index in [1.807, 2.05) is 12.1 Å². The minimum Gasteiger partial charge on any atom is -0.467 e. The first-order chi connectivity index (χ1) is 7.79. The Morgan fingerprint density at radius 2 is 2.19 bits per heavy atom. The first-order valence-electron chi connectivity index (χ1n) is 6.12. The van der Waals surface area contributed by atoms with Gasteiger partial charge in [-0.15, -0.1) is 0 Å². The van der Waals surface area contributed by atoms with Gasteiger partial charge in [0.1, 0.15) is 12.4 Å². The van der Waals surface area contributed by atoms with Crippen LogP contribution in [-0.4, -0.2) is 19.2 Å². The van der Waals surface area contributed by atoms with E-state index in [0.29, 0.717) is 12.6 Å². The smallest absolute Gasteiger partial charge is 0.129 e. The van der Waals surface area contributed by atoms with E-state index in [-0.39, 0.29) is 0 Å². The maximum Gasteiger partial charge on any atom is 0.129 e. The molecule has 3 nitrogen and oxygen atoms in total. The number of hydrogen-bond donors (Lipinski definition) is 1. The van der Waals surface area contributed by atoms with Crippen molar-refractivity contribution < 1.29 is 9.15 Å². The minimum absolute atomic E-state index is 0.593. The number of ether oxygens (including phenoxy) is 1. The topological polar surface area (TPSA) is 34.4 Å². The van der Waals surface area contributed by atoms with Crippen LogP contribution in [-0.2, 0) is 11.3 Å². The van der Waals surface area contributed by atoms with E-state index < -0.39 is 0 Å². The van der Waals surface area contributed by atoms with Crippen LogP contribution in [0.15, 0.2) is 22.8 Å². The molecule has 0 aliphatic rings. The molecule has 0 radical (unpaired) electrons. The fraction of sp³-hybridized carbons (Fsp3) is 0.692. The number of hydrogen-bond acceptors (Lipinski definition) is 3. The number of unbranched alkanes of at least 4 members (excludes halogenated alkanes) is 2. The molecule has 1 rings (SSSR count). The quantitative estimate of drug-likeness (QED) is 0.656.